The Morgan fingerprint density at radius 1 is 1.25 bits per heavy atom. The highest BCUT2D eigenvalue weighted by atomic mass is 16.5. The first-order valence-electron chi connectivity index (χ1n) is 11.4. The number of aliphatic hydroxyl groups excluding tert-OH is 1. The van der Waals surface area contributed by atoms with Crippen LogP contribution >= 0.6 is 0 Å². The number of aliphatic hydroxyl groups is 1. The number of ether oxygens (including phenoxy) is 1. The molecule has 1 N–H and O–H groups in total. The number of nitrogens with zero attached hydrogens (tertiary/aromatic N) is 2. The molecule has 0 saturated heterocycles. The Labute approximate surface area is 189 Å². The van der Waals surface area contributed by atoms with E-state index in [1.807, 2.05) is 6.08 Å². The van der Waals surface area contributed by atoms with Gasteiger partial charge in [0, 0.05) is 56.0 Å². The second-order valence-corrected chi connectivity index (χ2v) is 8.51. The molecule has 0 saturated carbocycles. The number of carbonyl (C=O) groups excluding carboxylic acids is 1. The molecular formula is C27H32N2O3. The van der Waals surface area contributed by atoms with Gasteiger partial charge in [-0.3, -0.25) is 4.90 Å². The molecule has 5 heteroatoms. The summed E-state index contributed by atoms with van der Waals surface area (Å²) in [5, 5.41) is 10.8. The van der Waals surface area contributed by atoms with Gasteiger partial charge in [0.1, 0.15) is 0 Å². The van der Waals surface area contributed by atoms with Crippen molar-refractivity contribution in [3.8, 4) is 0 Å². The van der Waals surface area contributed by atoms with Crippen molar-refractivity contribution in [3.05, 3.63) is 77.0 Å². The standard InChI is InChI=1S/C27H32N2O3/c1-28-19-22(23-6-3-4-7-25(23)28)14-16-29(15-5-17-30)26-12-10-21-18-20(8-11-24(21)26)9-13-27(31)32-2/h3-4,6-9,11,13,18-19,26,30H,5,10,12,14-17H2,1-2H3. The molecule has 32 heavy (non-hydrogen) atoms. The molecule has 1 atom stereocenters. The number of benzene rings is 2. The van der Waals surface area contributed by atoms with Crippen LogP contribution in [-0.2, 0) is 29.4 Å². The van der Waals surface area contributed by atoms with Gasteiger partial charge in [-0.05, 0) is 60.1 Å². The fourth-order valence-corrected chi connectivity index (χ4v) is 4.92. The van der Waals surface area contributed by atoms with Crippen LogP contribution in [0.4, 0.5) is 0 Å². The van der Waals surface area contributed by atoms with E-state index in [9.17, 15) is 9.90 Å². The SMILES string of the molecule is COC(=O)C=Cc1ccc2c(c1)CCC2N(CCCO)CCc1cn(C)c2ccccc12. The number of rotatable bonds is 9. The second-order valence-electron chi connectivity index (χ2n) is 8.51. The van der Waals surface area contributed by atoms with Crippen molar-refractivity contribution in [2.75, 3.05) is 26.8 Å². The smallest absolute Gasteiger partial charge is 0.330 e. The molecule has 1 heterocycles. The molecule has 1 aliphatic carbocycles. The van der Waals surface area contributed by atoms with Crippen molar-refractivity contribution >= 4 is 22.9 Å². The van der Waals surface area contributed by atoms with Crippen LogP contribution in [0.3, 0.4) is 0 Å². The van der Waals surface area contributed by atoms with Crippen LogP contribution in [0.1, 0.15) is 41.1 Å². The van der Waals surface area contributed by atoms with E-state index in [4.69, 9.17) is 0 Å². The molecule has 0 amide bonds. The maximum absolute atomic E-state index is 11.4. The van der Waals surface area contributed by atoms with E-state index in [0.717, 1.165) is 44.3 Å². The van der Waals surface area contributed by atoms with Crippen molar-refractivity contribution in [2.24, 2.45) is 7.05 Å². The molecule has 1 aliphatic rings. The highest BCUT2D eigenvalue weighted by molar-refractivity contribution is 5.87. The van der Waals surface area contributed by atoms with Gasteiger partial charge in [0.25, 0.3) is 0 Å². The number of esters is 1. The van der Waals surface area contributed by atoms with Gasteiger partial charge in [0.15, 0.2) is 0 Å². The quantitative estimate of drug-likeness (QED) is 0.405. The average molecular weight is 433 g/mol. The van der Waals surface area contributed by atoms with Crippen molar-refractivity contribution < 1.29 is 14.6 Å². The molecule has 1 aromatic heterocycles. The van der Waals surface area contributed by atoms with E-state index >= 15 is 0 Å². The molecule has 0 aliphatic heterocycles. The summed E-state index contributed by atoms with van der Waals surface area (Å²) < 4.78 is 6.89. The third-order valence-electron chi connectivity index (χ3n) is 6.52. The van der Waals surface area contributed by atoms with Crippen LogP contribution in [0, 0.1) is 0 Å². The molecule has 4 rings (SSSR count). The summed E-state index contributed by atoms with van der Waals surface area (Å²) in [6.45, 7) is 2.05. The monoisotopic (exact) mass is 432 g/mol. The zero-order chi connectivity index (χ0) is 22.5. The fourth-order valence-electron chi connectivity index (χ4n) is 4.92. The maximum atomic E-state index is 11.4. The summed E-state index contributed by atoms with van der Waals surface area (Å²) >= 11 is 0. The van der Waals surface area contributed by atoms with Crippen molar-refractivity contribution in [2.45, 2.75) is 31.7 Å². The molecular weight excluding hydrogens is 400 g/mol. The molecule has 3 aromatic rings. The summed E-state index contributed by atoms with van der Waals surface area (Å²) in [6.07, 6.45) is 9.40. The van der Waals surface area contributed by atoms with Gasteiger partial charge < -0.3 is 14.4 Å². The first kappa shape index (κ1) is 22.3. The van der Waals surface area contributed by atoms with Gasteiger partial charge in [-0.25, -0.2) is 4.79 Å². The van der Waals surface area contributed by atoms with E-state index in [0.29, 0.717) is 6.04 Å². The van der Waals surface area contributed by atoms with Gasteiger partial charge in [0.05, 0.1) is 7.11 Å². The molecule has 0 radical (unpaired) electrons. The highest BCUT2D eigenvalue weighted by Gasteiger charge is 2.27. The number of hydrogen-bond donors (Lipinski definition) is 1. The number of fused-ring (bicyclic) bond motifs is 2. The Bertz CT molecular complexity index is 1120. The topological polar surface area (TPSA) is 54.7 Å². The van der Waals surface area contributed by atoms with Crippen LogP contribution in [0.15, 0.2) is 54.7 Å². The Morgan fingerprint density at radius 3 is 2.91 bits per heavy atom. The van der Waals surface area contributed by atoms with E-state index in [2.05, 4.69) is 69.9 Å². The zero-order valence-corrected chi connectivity index (χ0v) is 19.0. The summed E-state index contributed by atoms with van der Waals surface area (Å²) in [7, 11) is 3.49. The lowest BCUT2D eigenvalue weighted by Crippen LogP contribution is -2.31. The highest BCUT2D eigenvalue weighted by Crippen LogP contribution is 2.37. The zero-order valence-electron chi connectivity index (χ0n) is 19.0. The van der Waals surface area contributed by atoms with Crippen LogP contribution in [-0.4, -0.2) is 47.3 Å². The first-order chi connectivity index (χ1) is 15.6. The van der Waals surface area contributed by atoms with E-state index in [-0.39, 0.29) is 12.6 Å². The Kier molecular flexibility index (Phi) is 7.08. The van der Waals surface area contributed by atoms with Crippen LogP contribution in [0.5, 0.6) is 0 Å². The van der Waals surface area contributed by atoms with Crippen LogP contribution < -0.4 is 0 Å². The fraction of sp³-hybridized carbons (Fsp3) is 0.370. The van der Waals surface area contributed by atoms with Gasteiger partial charge in [-0.2, -0.15) is 0 Å². The third-order valence-corrected chi connectivity index (χ3v) is 6.52. The molecule has 5 nitrogen and oxygen atoms in total. The number of para-hydroxylation sites is 1. The lowest BCUT2D eigenvalue weighted by molar-refractivity contribution is -0.134. The van der Waals surface area contributed by atoms with E-state index < -0.39 is 0 Å². The molecule has 1 unspecified atom stereocenters. The van der Waals surface area contributed by atoms with E-state index in [1.54, 1.807) is 0 Å². The van der Waals surface area contributed by atoms with Gasteiger partial charge in [0.2, 0.25) is 0 Å². The van der Waals surface area contributed by atoms with Gasteiger partial charge >= 0.3 is 5.97 Å². The number of hydrogen-bond acceptors (Lipinski definition) is 4. The van der Waals surface area contributed by atoms with E-state index in [1.165, 1.54) is 40.8 Å². The number of carbonyl (C=O) groups is 1. The minimum atomic E-state index is -0.341. The van der Waals surface area contributed by atoms with Crippen molar-refractivity contribution in [1.82, 2.24) is 9.47 Å². The summed E-state index contributed by atoms with van der Waals surface area (Å²) in [5.74, 6) is -0.341. The minimum absolute atomic E-state index is 0.210. The minimum Gasteiger partial charge on any atom is -0.466 e. The maximum Gasteiger partial charge on any atom is 0.330 e. The average Bonchev–Trinajstić information content (AvgIpc) is 3.38. The Balaban J connectivity index is 1.52. The molecule has 0 fully saturated rings. The summed E-state index contributed by atoms with van der Waals surface area (Å²) in [4.78, 5) is 13.9. The predicted octanol–water partition coefficient (Wildman–Crippen LogP) is 4.28. The van der Waals surface area contributed by atoms with Gasteiger partial charge in [-0.15, -0.1) is 0 Å². The summed E-state index contributed by atoms with van der Waals surface area (Å²) in [6, 6.07) is 15.4. The van der Waals surface area contributed by atoms with Crippen LogP contribution in [0.25, 0.3) is 17.0 Å². The Hall–Kier alpha value is -2.89. The predicted molar refractivity (Wildman–Crippen MR) is 128 cm³/mol. The van der Waals surface area contributed by atoms with Crippen molar-refractivity contribution in [1.29, 1.82) is 0 Å². The number of aryl methyl sites for hydroxylation is 2. The first-order valence-corrected chi connectivity index (χ1v) is 11.4. The summed E-state index contributed by atoms with van der Waals surface area (Å²) in [5.41, 5.74) is 6.38. The largest absolute Gasteiger partial charge is 0.466 e. The van der Waals surface area contributed by atoms with Crippen molar-refractivity contribution in [3.63, 3.8) is 0 Å². The number of aromatic nitrogens is 1. The third kappa shape index (κ3) is 4.79. The molecule has 0 spiro atoms. The molecule has 0 bridgehead atoms. The number of methoxy groups -OCH3 is 1. The lowest BCUT2D eigenvalue weighted by Gasteiger charge is -2.29. The Morgan fingerprint density at radius 2 is 2.09 bits per heavy atom. The van der Waals surface area contributed by atoms with Crippen LogP contribution in [0.2, 0.25) is 0 Å². The van der Waals surface area contributed by atoms with Gasteiger partial charge in [-0.1, -0.05) is 36.4 Å². The second kappa shape index (κ2) is 10.2. The molecule has 168 valence electrons. The molecule has 2 aromatic carbocycles. The lowest BCUT2D eigenvalue weighted by atomic mass is 10.0. The normalized spacial score (nSPS) is 15.7.